The number of nitrogens with one attached hydrogen (secondary N) is 1. The van der Waals surface area contributed by atoms with Crippen molar-refractivity contribution >= 4 is 45.8 Å². The molecule has 1 aliphatic carbocycles. The quantitative estimate of drug-likeness (QED) is 0.701. The molecule has 1 saturated carbocycles. The van der Waals surface area contributed by atoms with Gasteiger partial charge >= 0.3 is 0 Å². The Morgan fingerprint density at radius 1 is 1.15 bits per heavy atom. The number of halogens is 3. The lowest BCUT2D eigenvalue weighted by atomic mass is 9.84. The van der Waals surface area contributed by atoms with Crippen molar-refractivity contribution in [1.82, 2.24) is 0 Å². The molecule has 2 nitrogen and oxygen atoms in total. The Morgan fingerprint density at radius 3 is 2.45 bits per heavy atom. The summed E-state index contributed by atoms with van der Waals surface area (Å²) in [5, 5.41) is 4.13. The standard InChI is InChI=1S/C14H15Cl2FN2S/c15-10-6-9(7-11(16)12(10)17)18-13-19-14(8-20-13)4-2-1-3-5-14/h6-7H,1-5,8H2,(H,18,19). The van der Waals surface area contributed by atoms with Crippen LogP contribution in [0.25, 0.3) is 0 Å². The van der Waals surface area contributed by atoms with Crippen LogP contribution in [0, 0.1) is 5.82 Å². The van der Waals surface area contributed by atoms with E-state index in [1.807, 2.05) is 0 Å². The molecule has 0 atom stereocenters. The third-order valence-electron chi connectivity index (χ3n) is 3.84. The molecule has 20 heavy (non-hydrogen) atoms. The molecule has 0 amide bonds. The van der Waals surface area contributed by atoms with Gasteiger partial charge in [-0.3, -0.25) is 4.99 Å². The first-order chi connectivity index (χ1) is 9.58. The van der Waals surface area contributed by atoms with Crippen molar-refractivity contribution in [3.05, 3.63) is 28.0 Å². The maximum absolute atomic E-state index is 13.4. The second-order valence-corrected chi connectivity index (χ2v) is 7.15. The minimum absolute atomic E-state index is 0.0241. The monoisotopic (exact) mass is 332 g/mol. The molecule has 1 fully saturated rings. The van der Waals surface area contributed by atoms with Crippen LogP contribution >= 0.6 is 35.0 Å². The fraction of sp³-hybridized carbons (Fsp3) is 0.500. The van der Waals surface area contributed by atoms with E-state index < -0.39 is 5.82 Å². The van der Waals surface area contributed by atoms with Crippen molar-refractivity contribution in [2.45, 2.75) is 37.6 Å². The minimum Gasteiger partial charge on any atom is -0.335 e. The van der Waals surface area contributed by atoms with Crippen LogP contribution in [0.15, 0.2) is 17.1 Å². The molecule has 6 heteroatoms. The molecule has 1 aromatic rings. The van der Waals surface area contributed by atoms with Crippen LogP contribution < -0.4 is 5.32 Å². The van der Waals surface area contributed by atoms with Crippen molar-refractivity contribution in [3.8, 4) is 0 Å². The van der Waals surface area contributed by atoms with E-state index in [1.165, 1.54) is 31.4 Å². The van der Waals surface area contributed by atoms with Gasteiger partial charge in [0.1, 0.15) is 0 Å². The van der Waals surface area contributed by atoms with Crippen LogP contribution in [0.2, 0.25) is 10.0 Å². The molecule has 0 bridgehead atoms. The van der Waals surface area contributed by atoms with E-state index in [0.29, 0.717) is 5.69 Å². The number of hydrogen-bond donors (Lipinski definition) is 1. The second-order valence-electron chi connectivity index (χ2n) is 5.37. The number of rotatable bonds is 1. The van der Waals surface area contributed by atoms with E-state index in [9.17, 15) is 4.39 Å². The van der Waals surface area contributed by atoms with Crippen LogP contribution in [0.5, 0.6) is 0 Å². The molecule has 1 aromatic carbocycles. The van der Waals surface area contributed by atoms with Gasteiger partial charge < -0.3 is 5.32 Å². The highest BCUT2D eigenvalue weighted by molar-refractivity contribution is 8.14. The Balaban J connectivity index is 1.77. The van der Waals surface area contributed by atoms with Crippen molar-refractivity contribution in [2.75, 3.05) is 11.1 Å². The molecule has 3 rings (SSSR count). The number of nitrogens with zero attached hydrogens (tertiary/aromatic N) is 1. The highest BCUT2D eigenvalue weighted by Crippen LogP contribution is 2.40. The molecular weight excluding hydrogens is 318 g/mol. The van der Waals surface area contributed by atoms with Gasteiger partial charge in [0.15, 0.2) is 11.0 Å². The Morgan fingerprint density at radius 2 is 1.80 bits per heavy atom. The Bertz CT molecular complexity index is 533. The number of anilines is 1. The zero-order chi connectivity index (χ0) is 14.2. The Labute approximate surface area is 132 Å². The van der Waals surface area contributed by atoms with Gasteiger partial charge in [-0.25, -0.2) is 4.39 Å². The predicted molar refractivity (Wildman–Crippen MR) is 85.8 cm³/mol. The third kappa shape index (κ3) is 2.92. The highest BCUT2D eigenvalue weighted by atomic mass is 35.5. The van der Waals surface area contributed by atoms with Crippen molar-refractivity contribution in [2.24, 2.45) is 4.99 Å². The molecule has 0 radical (unpaired) electrons. The summed E-state index contributed by atoms with van der Waals surface area (Å²) in [6.45, 7) is 0. The molecule has 1 spiro atoms. The second kappa shape index (κ2) is 5.74. The largest absolute Gasteiger partial charge is 0.335 e. The molecule has 1 heterocycles. The number of thioether (sulfide) groups is 1. The van der Waals surface area contributed by atoms with Gasteiger partial charge in [0.2, 0.25) is 0 Å². The zero-order valence-electron chi connectivity index (χ0n) is 10.9. The summed E-state index contributed by atoms with van der Waals surface area (Å²) in [4.78, 5) is 4.84. The SMILES string of the molecule is Fc1c(Cl)cc(NC2=NC3(CCCCC3)CS2)cc1Cl. The summed E-state index contributed by atoms with van der Waals surface area (Å²) in [5.74, 6) is 0.446. The Hall–Kier alpha value is -0.450. The number of amidine groups is 1. The maximum atomic E-state index is 13.4. The van der Waals surface area contributed by atoms with Crippen LogP contribution in [0.1, 0.15) is 32.1 Å². The van der Waals surface area contributed by atoms with Crippen molar-refractivity contribution in [3.63, 3.8) is 0 Å². The molecule has 0 saturated heterocycles. The van der Waals surface area contributed by atoms with Crippen LogP contribution in [-0.2, 0) is 0 Å². The number of aliphatic imine (C=N–C) groups is 1. The summed E-state index contributed by atoms with van der Waals surface area (Å²) >= 11 is 13.3. The molecule has 1 N–H and O–H groups in total. The first kappa shape index (κ1) is 14.5. The first-order valence-electron chi connectivity index (χ1n) is 6.72. The van der Waals surface area contributed by atoms with Crippen molar-refractivity contribution in [1.29, 1.82) is 0 Å². The fourth-order valence-electron chi connectivity index (χ4n) is 2.76. The molecule has 2 aliphatic rings. The number of benzene rings is 1. The van der Waals surface area contributed by atoms with E-state index in [0.717, 1.165) is 23.8 Å². The van der Waals surface area contributed by atoms with Crippen LogP contribution in [0.3, 0.4) is 0 Å². The smallest absolute Gasteiger partial charge is 0.161 e. The minimum atomic E-state index is -0.580. The van der Waals surface area contributed by atoms with E-state index in [2.05, 4.69) is 5.32 Å². The highest BCUT2D eigenvalue weighted by Gasteiger charge is 2.36. The molecule has 0 unspecified atom stereocenters. The van der Waals surface area contributed by atoms with E-state index >= 15 is 0 Å². The molecule has 1 aliphatic heterocycles. The first-order valence-corrected chi connectivity index (χ1v) is 8.46. The maximum Gasteiger partial charge on any atom is 0.161 e. The summed E-state index contributed by atoms with van der Waals surface area (Å²) in [5.41, 5.74) is 0.791. The zero-order valence-corrected chi connectivity index (χ0v) is 13.2. The predicted octanol–water partition coefficient (Wildman–Crippen LogP) is 5.35. The van der Waals surface area contributed by atoms with E-state index in [-0.39, 0.29) is 15.6 Å². The number of hydrogen-bond acceptors (Lipinski definition) is 3. The normalized spacial score (nSPS) is 21.1. The molecular formula is C14H15Cl2FN2S. The molecule has 108 valence electrons. The van der Waals surface area contributed by atoms with E-state index in [4.69, 9.17) is 28.2 Å². The fourth-order valence-corrected chi connectivity index (χ4v) is 4.46. The lowest BCUT2D eigenvalue weighted by Gasteiger charge is -2.29. The Kier molecular flexibility index (Phi) is 4.16. The average Bonchev–Trinajstić information content (AvgIpc) is 2.79. The average molecular weight is 333 g/mol. The summed E-state index contributed by atoms with van der Waals surface area (Å²) < 4.78 is 13.4. The lowest BCUT2D eigenvalue weighted by Crippen LogP contribution is -2.29. The summed E-state index contributed by atoms with van der Waals surface area (Å²) in [7, 11) is 0. The lowest BCUT2D eigenvalue weighted by molar-refractivity contribution is 0.335. The van der Waals surface area contributed by atoms with Gasteiger partial charge in [-0.05, 0) is 25.0 Å². The van der Waals surface area contributed by atoms with Gasteiger partial charge in [-0.1, -0.05) is 54.2 Å². The van der Waals surface area contributed by atoms with Gasteiger partial charge in [0.05, 0.1) is 15.6 Å². The van der Waals surface area contributed by atoms with Crippen LogP contribution in [-0.4, -0.2) is 16.5 Å². The molecule has 0 aromatic heterocycles. The van der Waals surface area contributed by atoms with Gasteiger partial charge in [-0.15, -0.1) is 0 Å². The third-order valence-corrected chi connectivity index (χ3v) is 5.53. The van der Waals surface area contributed by atoms with Crippen LogP contribution in [0.4, 0.5) is 10.1 Å². The van der Waals surface area contributed by atoms with Gasteiger partial charge in [-0.2, -0.15) is 0 Å². The topological polar surface area (TPSA) is 24.4 Å². The summed E-state index contributed by atoms with van der Waals surface area (Å²) in [6, 6.07) is 3.08. The summed E-state index contributed by atoms with van der Waals surface area (Å²) in [6.07, 6.45) is 6.15. The van der Waals surface area contributed by atoms with Gasteiger partial charge in [0.25, 0.3) is 0 Å². The van der Waals surface area contributed by atoms with Crippen molar-refractivity contribution < 1.29 is 4.39 Å². The van der Waals surface area contributed by atoms with Gasteiger partial charge in [0, 0.05) is 11.4 Å². The van der Waals surface area contributed by atoms with E-state index in [1.54, 1.807) is 11.8 Å².